The zero-order valence-electron chi connectivity index (χ0n) is 14.3. The summed E-state index contributed by atoms with van der Waals surface area (Å²) < 4.78 is 0. The first kappa shape index (κ1) is 19.5. The molecule has 1 amide bonds. The van der Waals surface area contributed by atoms with E-state index in [0.29, 0.717) is 22.7 Å². The minimum atomic E-state index is -1.23. The van der Waals surface area contributed by atoms with E-state index in [9.17, 15) is 4.79 Å². The van der Waals surface area contributed by atoms with Crippen molar-refractivity contribution < 1.29 is 14.7 Å². The van der Waals surface area contributed by atoms with Gasteiger partial charge in [-0.25, -0.2) is 4.79 Å². The van der Waals surface area contributed by atoms with Gasteiger partial charge < -0.3 is 15.3 Å². The van der Waals surface area contributed by atoms with Gasteiger partial charge in [0.25, 0.3) is 0 Å². The quantitative estimate of drug-likeness (QED) is 0.427. The molecule has 1 atom stereocenters. The van der Waals surface area contributed by atoms with Gasteiger partial charge in [0.15, 0.2) is 0 Å². The maximum absolute atomic E-state index is 10.6. The van der Waals surface area contributed by atoms with Gasteiger partial charge in [0.05, 0.1) is 13.8 Å². The average molecular weight is 357 g/mol. The van der Waals surface area contributed by atoms with Gasteiger partial charge in [0.2, 0.25) is 0 Å². The number of halogens is 1. The van der Waals surface area contributed by atoms with E-state index in [4.69, 9.17) is 21.5 Å². The van der Waals surface area contributed by atoms with Gasteiger partial charge in [-0.15, -0.1) is 0 Å². The first-order chi connectivity index (χ1) is 10.6. The van der Waals surface area contributed by atoms with Gasteiger partial charge in [-0.3, -0.25) is 0 Å². The van der Waals surface area contributed by atoms with E-state index in [1.165, 1.54) is 0 Å². The molecule has 0 aromatic heterocycles. The maximum atomic E-state index is 10.6. The number of nitrogens with one attached hydrogen (secondary N) is 1. The van der Waals surface area contributed by atoms with Crippen molar-refractivity contribution in [3.8, 4) is 0 Å². The molecular formula is C16H25ClN2O3Si. The van der Waals surface area contributed by atoms with Crippen molar-refractivity contribution in [3.05, 3.63) is 34.3 Å². The molecular weight excluding hydrogens is 332 g/mol. The average Bonchev–Trinajstić information content (AvgIpc) is 2.44. The Labute approximate surface area is 143 Å². The van der Waals surface area contributed by atoms with E-state index < -0.39 is 14.2 Å². The maximum Gasteiger partial charge on any atom is 0.404 e. The fourth-order valence-electron chi connectivity index (χ4n) is 1.65. The summed E-state index contributed by atoms with van der Waals surface area (Å²) in [6, 6.07) is 5.40. The number of hydrogen-bond acceptors (Lipinski definition) is 3. The van der Waals surface area contributed by atoms with Crippen molar-refractivity contribution in [2.45, 2.75) is 45.6 Å². The van der Waals surface area contributed by atoms with Gasteiger partial charge in [-0.1, -0.05) is 49.4 Å². The molecule has 1 unspecified atom stereocenters. The monoisotopic (exact) mass is 356 g/mol. The van der Waals surface area contributed by atoms with E-state index >= 15 is 0 Å². The Morgan fingerprint density at radius 2 is 2.09 bits per heavy atom. The van der Waals surface area contributed by atoms with Gasteiger partial charge >= 0.3 is 6.09 Å². The number of rotatable bonds is 7. The first-order valence-electron chi connectivity index (χ1n) is 7.53. The molecule has 0 aliphatic heterocycles. The topological polar surface area (TPSA) is 70.9 Å². The molecule has 0 fully saturated rings. The zero-order valence-corrected chi connectivity index (χ0v) is 16.1. The summed E-state index contributed by atoms with van der Waals surface area (Å²) in [5.74, 6) is 0. The van der Waals surface area contributed by atoms with E-state index in [1.807, 2.05) is 19.1 Å². The van der Waals surface area contributed by atoms with Crippen LogP contribution in [0.3, 0.4) is 0 Å². The minimum Gasteiger partial charge on any atom is -0.465 e. The molecule has 0 radical (unpaired) electrons. The fourth-order valence-corrected chi connectivity index (χ4v) is 2.41. The number of amides is 1. The highest BCUT2D eigenvalue weighted by atomic mass is 35.5. The predicted octanol–water partition coefficient (Wildman–Crippen LogP) is 4.58. The van der Waals surface area contributed by atoms with Crippen LogP contribution in [0.5, 0.6) is 0 Å². The number of nitrogens with zero attached hydrogens (tertiary/aromatic N) is 1. The molecule has 0 aliphatic carbocycles. The molecule has 0 saturated carbocycles. The van der Waals surface area contributed by atoms with Crippen LogP contribution in [-0.2, 0) is 11.4 Å². The van der Waals surface area contributed by atoms with Gasteiger partial charge in [-0.2, -0.15) is 0 Å². The van der Waals surface area contributed by atoms with Crippen molar-refractivity contribution in [2.75, 3.05) is 6.61 Å². The summed E-state index contributed by atoms with van der Waals surface area (Å²) >= 11 is 6.08. The van der Waals surface area contributed by atoms with E-state index in [-0.39, 0.29) is 6.54 Å². The highest BCUT2D eigenvalue weighted by Gasteiger charge is 2.22. The van der Waals surface area contributed by atoms with Crippen LogP contribution in [0.15, 0.2) is 23.4 Å². The smallest absolute Gasteiger partial charge is 0.404 e. The van der Waals surface area contributed by atoms with Crippen molar-refractivity contribution in [1.82, 2.24) is 5.32 Å². The van der Waals surface area contributed by atoms with Crippen molar-refractivity contribution in [1.29, 1.82) is 0 Å². The Morgan fingerprint density at radius 1 is 1.43 bits per heavy atom. The van der Waals surface area contributed by atoms with Crippen LogP contribution in [0.4, 0.5) is 4.79 Å². The standard InChI is InChI=1S/C16H25ClN2O3Si/c1-11(23(3,4)5)10-22-19-12(2)13-6-7-15(17)14(8-13)9-18-16(20)21/h6-8,11,18H,9-10H2,1-5H3,(H,20,21). The van der Waals surface area contributed by atoms with Crippen molar-refractivity contribution in [2.24, 2.45) is 5.16 Å². The minimum absolute atomic E-state index is 0.156. The first-order valence-corrected chi connectivity index (χ1v) is 11.5. The predicted molar refractivity (Wildman–Crippen MR) is 97.2 cm³/mol. The van der Waals surface area contributed by atoms with Crippen LogP contribution in [-0.4, -0.2) is 31.6 Å². The normalized spacial score (nSPS) is 13.6. The summed E-state index contributed by atoms with van der Waals surface area (Å²) in [5, 5.41) is 15.7. The third-order valence-electron chi connectivity index (χ3n) is 3.90. The molecule has 0 heterocycles. The van der Waals surface area contributed by atoms with Crippen LogP contribution < -0.4 is 5.32 Å². The largest absolute Gasteiger partial charge is 0.465 e. The van der Waals surface area contributed by atoms with Crippen molar-refractivity contribution >= 4 is 31.5 Å². The molecule has 0 aliphatic rings. The second kappa shape index (κ2) is 8.36. The highest BCUT2D eigenvalue weighted by Crippen LogP contribution is 2.21. The third-order valence-corrected chi connectivity index (χ3v) is 7.39. The lowest BCUT2D eigenvalue weighted by molar-refractivity contribution is 0.143. The van der Waals surface area contributed by atoms with Crippen LogP contribution in [0.1, 0.15) is 25.0 Å². The molecule has 2 N–H and O–H groups in total. The zero-order chi connectivity index (χ0) is 17.6. The van der Waals surface area contributed by atoms with E-state index in [2.05, 4.69) is 37.0 Å². The third kappa shape index (κ3) is 6.62. The van der Waals surface area contributed by atoms with Gasteiger partial charge in [0.1, 0.15) is 6.61 Å². The van der Waals surface area contributed by atoms with Gasteiger partial charge in [0, 0.05) is 11.6 Å². The van der Waals surface area contributed by atoms with E-state index in [1.54, 1.807) is 6.07 Å². The Balaban J connectivity index is 2.75. The van der Waals surface area contributed by atoms with Crippen LogP contribution in [0, 0.1) is 0 Å². The highest BCUT2D eigenvalue weighted by molar-refractivity contribution is 6.77. The number of hydrogen-bond donors (Lipinski definition) is 2. The summed E-state index contributed by atoms with van der Waals surface area (Å²) in [6.45, 7) is 11.7. The molecule has 128 valence electrons. The molecule has 23 heavy (non-hydrogen) atoms. The fraction of sp³-hybridized carbons (Fsp3) is 0.500. The molecule has 0 spiro atoms. The number of carbonyl (C=O) groups is 1. The summed E-state index contributed by atoms with van der Waals surface area (Å²) in [7, 11) is -1.23. The Bertz CT molecular complexity index is 585. The number of oxime groups is 1. The molecule has 1 aromatic carbocycles. The summed E-state index contributed by atoms with van der Waals surface area (Å²) in [5.41, 5.74) is 2.81. The molecule has 1 aromatic rings. The number of carboxylic acid groups (broad SMARTS) is 1. The summed E-state index contributed by atoms with van der Waals surface area (Å²) in [4.78, 5) is 16.1. The molecule has 1 rings (SSSR count). The lowest BCUT2D eigenvalue weighted by atomic mass is 10.1. The second-order valence-corrected chi connectivity index (χ2v) is 12.8. The SMILES string of the molecule is CC(=NOCC(C)[Si](C)(C)C)c1ccc(Cl)c(CNC(=O)O)c1. The molecule has 0 saturated heterocycles. The Kier molecular flexibility index (Phi) is 7.09. The van der Waals surface area contributed by atoms with Crippen LogP contribution in [0.25, 0.3) is 0 Å². The lowest BCUT2D eigenvalue weighted by Crippen LogP contribution is -2.28. The molecule has 5 nitrogen and oxygen atoms in total. The molecule has 0 bridgehead atoms. The van der Waals surface area contributed by atoms with Gasteiger partial charge in [-0.05, 0) is 35.7 Å². The summed E-state index contributed by atoms with van der Waals surface area (Å²) in [6.07, 6.45) is -1.08. The number of benzene rings is 1. The Hall–Kier alpha value is -1.53. The van der Waals surface area contributed by atoms with Crippen LogP contribution in [0.2, 0.25) is 30.2 Å². The Morgan fingerprint density at radius 3 is 2.65 bits per heavy atom. The molecule has 7 heteroatoms. The van der Waals surface area contributed by atoms with E-state index in [0.717, 1.165) is 11.3 Å². The van der Waals surface area contributed by atoms with Crippen LogP contribution >= 0.6 is 11.6 Å². The van der Waals surface area contributed by atoms with Crippen molar-refractivity contribution in [3.63, 3.8) is 0 Å². The second-order valence-electron chi connectivity index (χ2n) is 6.70. The lowest BCUT2D eigenvalue weighted by Gasteiger charge is -2.23.